The average Bonchev–Trinajstić information content (AvgIpc) is 3.27. The van der Waals surface area contributed by atoms with Crippen molar-refractivity contribution in [2.75, 3.05) is 24.5 Å². The summed E-state index contributed by atoms with van der Waals surface area (Å²) in [6.07, 6.45) is 3.94. The Kier molecular flexibility index (Phi) is 5.77. The fourth-order valence-electron chi connectivity index (χ4n) is 3.05. The van der Waals surface area contributed by atoms with Crippen LogP contribution in [0.15, 0.2) is 35.8 Å². The van der Waals surface area contributed by atoms with Crippen molar-refractivity contribution in [3.63, 3.8) is 0 Å². The number of aromatic nitrogens is 2. The van der Waals surface area contributed by atoms with Gasteiger partial charge in [-0.05, 0) is 43.3 Å². The molecule has 2 atom stereocenters. The first kappa shape index (κ1) is 16.9. The van der Waals surface area contributed by atoms with E-state index in [1.807, 2.05) is 36.6 Å². The third-order valence-corrected chi connectivity index (χ3v) is 5.30. The Morgan fingerprint density at radius 3 is 3.12 bits per heavy atom. The van der Waals surface area contributed by atoms with Gasteiger partial charge in [-0.1, -0.05) is 6.07 Å². The van der Waals surface area contributed by atoms with Gasteiger partial charge in [0.1, 0.15) is 0 Å². The standard InChI is InChI=1S/C17H23N5OS/c1-13(15-6-4-10-24-15)20-17(23)12-18-11-14-5-3-9-22(14)16-7-2-8-19-21-16/h2,4,6-8,10,13-14,18H,3,5,9,11-12H2,1H3,(H,20,23)/t13-,14+/m1/s1. The second kappa shape index (κ2) is 8.21. The minimum Gasteiger partial charge on any atom is -0.351 e. The highest BCUT2D eigenvalue weighted by Crippen LogP contribution is 2.22. The van der Waals surface area contributed by atoms with Crippen LogP contribution in [-0.2, 0) is 4.79 Å². The summed E-state index contributed by atoms with van der Waals surface area (Å²) in [7, 11) is 0. The molecule has 0 bridgehead atoms. The van der Waals surface area contributed by atoms with Crippen LogP contribution in [0.25, 0.3) is 0 Å². The number of hydrogen-bond donors (Lipinski definition) is 2. The van der Waals surface area contributed by atoms with Crippen LogP contribution in [0, 0.1) is 0 Å². The van der Waals surface area contributed by atoms with Crippen molar-refractivity contribution in [1.82, 2.24) is 20.8 Å². The Labute approximate surface area is 146 Å². The van der Waals surface area contributed by atoms with E-state index in [-0.39, 0.29) is 11.9 Å². The molecule has 0 aromatic carbocycles. The summed E-state index contributed by atoms with van der Waals surface area (Å²) in [5, 5.41) is 16.5. The van der Waals surface area contributed by atoms with Gasteiger partial charge in [0.25, 0.3) is 0 Å². The van der Waals surface area contributed by atoms with E-state index >= 15 is 0 Å². The lowest BCUT2D eigenvalue weighted by Crippen LogP contribution is -2.42. The molecule has 7 heteroatoms. The van der Waals surface area contributed by atoms with Crippen LogP contribution < -0.4 is 15.5 Å². The molecule has 0 radical (unpaired) electrons. The van der Waals surface area contributed by atoms with Gasteiger partial charge in [0.15, 0.2) is 5.82 Å². The number of anilines is 1. The van der Waals surface area contributed by atoms with E-state index in [1.165, 1.54) is 4.88 Å². The number of hydrogen-bond acceptors (Lipinski definition) is 6. The monoisotopic (exact) mass is 345 g/mol. The second-order valence-corrected chi connectivity index (χ2v) is 6.99. The molecule has 1 amide bonds. The Hall–Kier alpha value is -1.99. The number of carbonyl (C=O) groups excluding carboxylic acids is 1. The number of carbonyl (C=O) groups is 1. The van der Waals surface area contributed by atoms with Crippen molar-refractivity contribution >= 4 is 23.1 Å². The number of nitrogens with one attached hydrogen (secondary N) is 2. The van der Waals surface area contributed by atoms with Crippen LogP contribution in [0.1, 0.15) is 30.7 Å². The molecule has 2 N–H and O–H groups in total. The second-order valence-electron chi connectivity index (χ2n) is 6.01. The predicted molar refractivity (Wildman–Crippen MR) is 96.1 cm³/mol. The van der Waals surface area contributed by atoms with Crippen LogP contribution in [0.2, 0.25) is 0 Å². The molecule has 128 valence electrons. The molecule has 2 aromatic heterocycles. The summed E-state index contributed by atoms with van der Waals surface area (Å²) in [6, 6.07) is 8.36. The molecule has 3 rings (SSSR count). The van der Waals surface area contributed by atoms with Crippen molar-refractivity contribution in [3.8, 4) is 0 Å². The Balaban J connectivity index is 1.43. The van der Waals surface area contributed by atoms with E-state index in [0.717, 1.165) is 31.7 Å². The van der Waals surface area contributed by atoms with E-state index in [9.17, 15) is 4.79 Å². The third kappa shape index (κ3) is 4.30. The maximum absolute atomic E-state index is 12.1. The maximum atomic E-state index is 12.1. The molecule has 1 fully saturated rings. The van der Waals surface area contributed by atoms with Gasteiger partial charge >= 0.3 is 0 Å². The highest BCUT2D eigenvalue weighted by molar-refractivity contribution is 7.10. The van der Waals surface area contributed by atoms with Crippen LogP contribution >= 0.6 is 11.3 Å². The van der Waals surface area contributed by atoms with Gasteiger partial charge in [-0.25, -0.2) is 0 Å². The van der Waals surface area contributed by atoms with Gasteiger partial charge in [-0.15, -0.1) is 16.4 Å². The Bertz CT molecular complexity index is 634. The fourth-order valence-corrected chi connectivity index (χ4v) is 3.78. The lowest BCUT2D eigenvalue weighted by atomic mass is 10.2. The number of thiophene rings is 1. The SMILES string of the molecule is C[C@@H](NC(=O)CNC[C@@H]1CCCN1c1cccnn1)c1cccs1. The lowest BCUT2D eigenvalue weighted by Gasteiger charge is -2.25. The quantitative estimate of drug-likeness (QED) is 0.803. The molecule has 6 nitrogen and oxygen atoms in total. The first-order chi connectivity index (χ1) is 11.7. The minimum absolute atomic E-state index is 0.0277. The van der Waals surface area contributed by atoms with E-state index in [2.05, 4.69) is 25.7 Å². The number of nitrogens with zero attached hydrogens (tertiary/aromatic N) is 3. The van der Waals surface area contributed by atoms with Gasteiger partial charge in [0, 0.05) is 30.2 Å². The van der Waals surface area contributed by atoms with Crippen molar-refractivity contribution in [1.29, 1.82) is 0 Å². The number of amides is 1. The maximum Gasteiger partial charge on any atom is 0.234 e. The molecule has 1 saturated heterocycles. The molecular weight excluding hydrogens is 322 g/mol. The molecule has 0 spiro atoms. The molecule has 1 aliphatic heterocycles. The van der Waals surface area contributed by atoms with Crippen molar-refractivity contribution in [3.05, 3.63) is 40.7 Å². The lowest BCUT2D eigenvalue weighted by molar-refractivity contribution is -0.120. The largest absolute Gasteiger partial charge is 0.351 e. The third-order valence-electron chi connectivity index (χ3n) is 4.24. The molecular formula is C17H23N5OS. The van der Waals surface area contributed by atoms with Crippen molar-refractivity contribution < 1.29 is 4.79 Å². The molecule has 3 heterocycles. The zero-order chi connectivity index (χ0) is 16.8. The Morgan fingerprint density at radius 1 is 1.46 bits per heavy atom. The number of rotatable bonds is 7. The average molecular weight is 345 g/mol. The molecule has 24 heavy (non-hydrogen) atoms. The highest BCUT2D eigenvalue weighted by Gasteiger charge is 2.25. The zero-order valence-electron chi connectivity index (χ0n) is 13.8. The van der Waals surface area contributed by atoms with Gasteiger partial charge in [0.05, 0.1) is 12.6 Å². The highest BCUT2D eigenvalue weighted by atomic mass is 32.1. The summed E-state index contributed by atoms with van der Waals surface area (Å²) >= 11 is 1.66. The molecule has 0 unspecified atom stereocenters. The fraction of sp³-hybridized carbons (Fsp3) is 0.471. The summed E-state index contributed by atoms with van der Waals surface area (Å²) in [5.41, 5.74) is 0. The summed E-state index contributed by atoms with van der Waals surface area (Å²) in [4.78, 5) is 15.5. The first-order valence-corrected chi connectivity index (χ1v) is 9.20. The van der Waals surface area contributed by atoms with Crippen molar-refractivity contribution in [2.24, 2.45) is 0 Å². The zero-order valence-corrected chi connectivity index (χ0v) is 14.6. The van der Waals surface area contributed by atoms with E-state index in [0.29, 0.717) is 12.6 Å². The van der Waals surface area contributed by atoms with Crippen LogP contribution in [0.5, 0.6) is 0 Å². The van der Waals surface area contributed by atoms with Crippen LogP contribution in [0.3, 0.4) is 0 Å². The van der Waals surface area contributed by atoms with Gasteiger partial charge in [-0.2, -0.15) is 5.10 Å². The van der Waals surface area contributed by atoms with Gasteiger partial charge in [0.2, 0.25) is 5.91 Å². The minimum atomic E-state index is 0.0277. The molecule has 0 saturated carbocycles. The van der Waals surface area contributed by atoms with E-state index < -0.39 is 0 Å². The summed E-state index contributed by atoms with van der Waals surface area (Å²) in [5.74, 6) is 0.942. The van der Waals surface area contributed by atoms with Crippen molar-refractivity contribution in [2.45, 2.75) is 31.8 Å². The molecule has 2 aromatic rings. The molecule has 1 aliphatic rings. The molecule has 0 aliphatic carbocycles. The van der Waals surface area contributed by atoms with Crippen LogP contribution in [0.4, 0.5) is 5.82 Å². The predicted octanol–water partition coefficient (Wildman–Crippen LogP) is 1.97. The first-order valence-electron chi connectivity index (χ1n) is 8.32. The topological polar surface area (TPSA) is 70.2 Å². The Morgan fingerprint density at radius 2 is 2.38 bits per heavy atom. The summed E-state index contributed by atoms with van der Waals surface area (Å²) in [6.45, 7) is 4.11. The van der Waals surface area contributed by atoms with Crippen LogP contribution in [-0.4, -0.2) is 41.8 Å². The van der Waals surface area contributed by atoms with Gasteiger partial charge in [-0.3, -0.25) is 4.79 Å². The van der Waals surface area contributed by atoms with E-state index in [4.69, 9.17) is 0 Å². The summed E-state index contributed by atoms with van der Waals surface area (Å²) < 4.78 is 0. The van der Waals surface area contributed by atoms with Gasteiger partial charge < -0.3 is 15.5 Å². The van der Waals surface area contributed by atoms with E-state index in [1.54, 1.807) is 17.5 Å². The smallest absolute Gasteiger partial charge is 0.234 e. The normalized spacial score (nSPS) is 18.5.